The van der Waals surface area contributed by atoms with E-state index in [9.17, 15) is 9.90 Å². The molecule has 0 radical (unpaired) electrons. The SMILES string of the molecule is CCCNC(=O)CN=C(NCC)N1CC[C@@H](O)C1.I. The summed E-state index contributed by atoms with van der Waals surface area (Å²) in [5.41, 5.74) is 0. The molecule has 0 aliphatic carbocycles. The van der Waals surface area contributed by atoms with Gasteiger partial charge in [-0.25, -0.2) is 4.99 Å². The average molecular weight is 384 g/mol. The smallest absolute Gasteiger partial charge is 0.241 e. The molecule has 0 aromatic rings. The number of aliphatic hydroxyl groups is 1. The molecule has 1 rings (SSSR count). The van der Waals surface area contributed by atoms with E-state index in [1.807, 2.05) is 18.7 Å². The van der Waals surface area contributed by atoms with Crippen LogP contribution in [0.15, 0.2) is 4.99 Å². The zero-order valence-corrected chi connectivity index (χ0v) is 14.0. The van der Waals surface area contributed by atoms with E-state index in [1.165, 1.54) is 0 Å². The maximum atomic E-state index is 11.5. The Kier molecular flexibility index (Phi) is 9.94. The van der Waals surface area contributed by atoms with Crippen LogP contribution in [0.25, 0.3) is 0 Å². The number of aliphatic imine (C=N–C) groups is 1. The Bertz CT molecular complexity index is 299. The summed E-state index contributed by atoms with van der Waals surface area (Å²) in [5.74, 6) is 0.646. The number of rotatable bonds is 5. The first-order chi connectivity index (χ1) is 8.67. The highest BCUT2D eigenvalue weighted by Gasteiger charge is 2.22. The van der Waals surface area contributed by atoms with Crippen molar-refractivity contribution in [2.45, 2.75) is 32.8 Å². The van der Waals surface area contributed by atoms with Gasteiger partial charge in [-0.05, 0) is 19.8 Å². The third-order valence-corrected chi connectivity index (χ3v) is 2.74. The number of carbonyl (C=O) groups is 1. The van der Waals surface area contributed by atoms with Crippen LogP contribution < -0.4 is 10.6 Å². The summed E-state index contributed by atoms with van der Waals surface area (Å²) in [6.45, 7) is 6.94. The predicted molar refractivity (Wildman–Crippen MR) is 86.9 cm³/mol. The van der Waals surface area contributed by atoms with E-state index >= 15 is 0 Å². The molecule has 1 heterocycles. The molecule has 3 N–H and O–H groups in total. The number of nitrogens with zero attached hydrogens (tertiary/aromatic N) is 2. The second-order valence-corrected chi connectivity index (χ2v) is 4.41. The standard InChI is InChI=1S/C12H24N4O2.HI/c1-3-6-14-11(18)8-15-12(13-4-2)16-7-5-10(17)9-16;/h10,17H,3-9H2,1-2H3,(H,13,15)(H,14,18);1H/t10-;/m1./s1. The van der Waals surface area contributed by atoms with E-state index in [-0.39, 0.29) is 42.5 Å². The summed E-state index contributed by atoms with van der Waals surface area (Å²) in [6, 6.07) is 0. The Balaban J connectivity index is 0.00000324. The Hall–Kier alpha value is -0.570. The third kappa shape index (κ3) is 6.95. The molecule has 6 nitrogen and oxygen atoms in total. The van der Waals surface area contributed by atoms with E-state index in [2.05, 4.69) is 15.6 Å². The molecule has 112 valence electrons. The van der Waals surface area contributed by atoms with Crippen molar-refractivity contribution < 1.29 is 9.90 Å². The molecule has 0 saturated carbocycles. The number of hydrogen-bond acceptors (Lipinski definition) is 3. The van der Waals surface area contributed by atoms with Crippen LogP contribution in [0.3, 0.4) is 0 Å². The van der Waals surface area contributed by atoms with Crippen molar-refractivity contribution in [3.8, 4) is 0 Å². The number of β-amino-alcohol motifs (C(OH)–C–C–N with tert-alkyl or cyclic N) is 1. The molecule has 1 saturated heterocycles. The fourth-order valence-electron chi connectivity index (χ4n) is 1.83. The quantitative estimate of drug-likeness (QED) is 0.359. The lowest BCUT2D eigenvalue weighted by Gasteiger charge is -2.20. The highest BCUT2D eigenvalue weighted by Crippen LogP contribution is 2.08. The summed E-state index contributed by atoms with van der Waals surface area (Å²) in [4.78, 5) is 17.8. The second kappa shape index (κ2) is 10.2. The van der Waals surface area contributed by atoms with E-state index in [0.717, 1.165) is 25.9 Å². The van der Waals surface area contributed by atoms with Gasteiger partial charge in [0.15, 0.2) is 5.96 Å². The highest BCUT2D eigenvalue weighted by atomic mass is 127. The summed E-state index contributed by atoms with van der Waals surface area (Å²) < 4.78 is 0. The topological polar surface area (TPSA) is 77.0 Å². The van der Waals surface area contributed by atoms with E-state index < -0.39 is 0 Å². The number of nitrogens with one attached hydrogen (secondary N) is 2. The summed E-state index contributed by atoms with van der Waals surface area (Å²) in [7, 11) is 0. The Labute approximate surface area is 132 Å². The van der Waals surface area contributed by atoms with Crippen LogP contribution in [-0.2, 0) is 4.79 Å². The predicted octanol–water partition coefficient (Wildman–Crippen LogP) is 0.163. The van der Waals surface area contributed by atoms with E-state index in [4.69, 9.17) is 0 Å². The number of likely N-dealkylation sites (tertiary alicyclic amines) is 1. The minimum absolute atomic E-state index is 0. The number of amides is 1. The van der Waals surface area contributed by atoms with Crippen LogP contribution in [0.4, 0.5) is 0 Å². The number of hydrogen-bond donors (Lipinski definition) is 3. The molecular weight excluding hydrogens is 359 g/mol. The van der Waals surface area contributed by atoms with Crippen molar-refractivity contribution in [2.75, 3.05) is 32.7 Å². The minimum atomic E-state index is -0.289. The zero-order valence-electron chi connectivity index (χ0n) is 11.7. The van der Waals surface area contributed by atoms with Gasteiger partial charge in [-0.1, -0.05) is 6.92 Å². The van der Waals surface area contributed by atoms with Gasteiger partial charge in [-0.2, -0.15) is 0 Å². The number of guanidine groups is 1. The van der Waals surface area contributed by atoms with Crippen molar-refractivity contribution in [3.05, 3.63) is 0 Å². The summed E-state index contributed by atoms with van der Waals surface area (Å²) >= 11 is 0. The Morgan fingerprint density at radius 2 is 2.16 bits per heavy atom. The lowest BCUT2D eigenvalue weighted by molar-refractivity contribution is -0.119. The monoisotopic (exact) mass is 384 g/mol. The zero-order chi connectivity index (χ0) is 13.4. The van der Waals surface area contributed by atoms with Crippen LogP contribution in [0, 0.1) is 0 Å². The maximum absolute atomic E-state index is 11.5. The first kappa shape index (κ1) is 18.4. The van der Waals surface area contributed by atoms with Gasteiger partial charge in [-0.3, -0.25) is 4.79 Å². The van der Waals surface area contributed by atoms with Crippen LogP contribution in [0.5, 0.6) is 0 Å². The second-order valence-electron chi connectivity index (χ2n) is 4.41. The Morgan fingerprint density at radius 3 is 2.68 bits per heavy atom. The molecule has 1 fully saturated rings. The molecule has 1 atom stereocenters. The summed E-state index contributed by atoms with van der Waals surface area (Å²) in [6.07, 6.45) is 1.39. The number of carbonyl (C=O) groups excluding carboxylic acids is 1. The molecule has 1 aliphatic rings. The van der Waals surface area contributed by atoms with Gasteiger partial charge in [-0.15, -0.1) is 24.0 Å². The van der Waals surface area contributed by atoms with Gasteiger partial charge in [0, 0.05) is 26.2 Å². The van der Waals surface area contributed by atoms with Gasteiger partial charge >= 0.3 is 0 Å². The largest absolute Gasteiger partial charge is 0.391 e. The summed E-state index contributed by atoms with van der Waals surface area (Å²) in [5, 5.41) is 15.4. The minimum Gasteiger partial charge on any atom is -0.391 e. The van der Waals surface area contributed by atoms with Gasteiger partial charge in [0.1, 0.15) is 6.54 Å². The first-order valence-corrected chi connectivity index (χ1v) is 6.65. The van der Waals surface area contributed by atoms with Crippen LogP contribution in [-0.4, -0.2) is 60.7 Å². The molecule has 1 amide bonds. The van der Waals surface area contributed by atoms with Gasteiger partial charge in [0.25, 0.3) is 0 Å². The maximum Gasteiger partial charge on any atom is 0.241 e. The fraction of sp³-hybridized carbons (Fsp3) is 0.833. The molecule has 7 heteroatoms. The van der Waals surface area contributed by atoms with Gasteiger partial charge in [0.2, 0.25) is 5.91 Å². The molecule has 0 aromatic heterocycles. The van der Waals surface area contributed by atoms with Crippen LogP contribution in [0.1, 0.15) is 26.7 Å². The van der Waals surface area contributed by atoms with Crippen LogP contribution >= 0.6 is 24.0 Å². The first-order valence-electron chi connectivity index (χ1n) is 6.65. The molecular formula is C12H25IN4O2. The molecule has 0 unspecified atom stereocenters. The van der Waals surface area contributed by atoms with Crippen LogP contribution in [0.2, 0.25) is 0 Å². The van der Waals surface area contributed by atoms with Crippen molar-refractivity contribution >= 4 is 35.8 Å². The van der Waals surface area contributed by atoms with Crippen molar-refractivity contribution in [3.63, 3.8) is 0 Å². The normalized spacial score (nSPS) is 19.0. The van der Waals surface area contributed by atoms with Gasteiger partial charge in [0.05, 0.1) is 6.10 Å². The average Bonchev–Trinajstić information content (AvgIpc) is 2.78. The van der Waals surface area contributed by atoms with Crippen molar-refractivity contribution in [2.24, 2.45) is 4.99 Å². The van der Waals surface area contributed by atoms with Crippen molar-refractivity contribution in [1.82, 2.24) is 15.5 Å². The number of aliphatic hydroxyl groups excluding tert-OH is 1. The van der Waals surface area contributed by atoms with Gasteiger partial charge < -0.3 is 20.6 Å². The molecule has 1 aliphatic heterocycles. The van der Waals surface area contributed by atoms with E-state index in [0.29, 0.717) is 19.0 Å². The van der Waals surface area contributed by atoms with Crippen molar-refractivity contribution in [1.29, 1.82) is 0 Å². The Morgan fingerprint density at radius 1 is 1.42 bits per heavy atom. The molecule has 0 bridgehead atoms. The lowest BCUT2D eigenvalue weighted by atomic mass is 10.3. The third-order valence-electron chi connectivity index (χ3n) is 2.74. The fourth-order valence-corrected chi connectivity index (χ4v) is 1.83. The molecule has 19 heavy (non-hydrogen) atoms. The number of halogens is 1. The molecule has 0 spiro atoms. The molecule has 0 aromatic carbocycles. The lowest BCUT2D eigenvalue weighted by Crippen LogP contribution is -2.41. The highest BCUT2D eigenvalue weighted by molar-refractivity contribution is 14.0. The van der Waals surface area contributed by atoms with E-state index in [1.54, 1.807) is 0 Å².